The first-order valence-corrected chi connectivity index (χ1v) is 7.03. The molecule has 4 nitrogen and oxygen atoms in total. The van der Waals surface area contributed by atoms with Gasteiger partial charge >= 0.3 is 6.18 Å². The van der Waals surface area contributed by atoms with Gasteiger partial charge in [-0.3, -0.25) is 4.98 Å². The largest absolute Gasteiger partial charge is 0.412 e. The van der Waals surface area contributed by atoms with E-state index in [2.05, 4.69) is 22.2 Å². The first kappa shape index (κ1) is 15.8. The third kappa shape index (κ3) is 4.42. The van der Waals surface area contributed by atoms with Gasteiger partial charge in [0.2, 0.25) is 0 Å². The maximum absolute atomic E-state index is 12.6. The van der Waals surface area contributed by atoms with Crippen LogP contribution in [0.1, 0.15) is 25.5 Å². The molecule has 0 bridgehead atoms. The fourth-order valence-electron chi connectivity index (χ4n) is 2.16. The Hall–Kier alpha value is -1.63. The van der Waals surface area contributed by atoms with Crippen molar-refractivity contribution in [2.24, 2.45) is 0 Å². The number of halogens is 3. The number of aromatic nitrogens is 2. The Labute approximate surface area is 122 Å². The zero-order chi connectivity index (χ0) is 15.3. The highest BCUT2D eigenvalue weighted by Crippen LogP contribution is 2.30. The summed E-state index contributed by atoms with van der Waals surface area (Å²) in [5, 5.41) is 3.23. The lowest BCUT2D eigenvalue weighted by Crippen LogP contribution is -2.32. The van der Waals surface area contributed by atoms with Crippen molar-refractivity contribution in [1.29, 1.82) is 0 Å². The third-order valence-electron chi connectivity index (χ3n) is 3.30. The summed E-state index contributed by atoms with van der Waals surface area (Å²) in [6.07, 6.45) is 1.30. The van der Waals surface area contributed by atoms with E-state index < -0.39 is 11.7 Å². The second-order valence-electron chi connectivity index (χ2n) is 4.97. The van der Waals surface area contributed by atoms with Crippen LogP contribution in [0, 0.1) is 0 Å². The van der Waals surface area contributed by atoms with Crippen LogP contribution in [0.2, 0.25) is 0 Å². The van der Waals surface area contributed by atoms with Gasteiger partial charge in [0.1, 0.15) is 5.82 Å². The zero-order valence-corrected chi connectivity index (χ0v) is 12.0. The molecule has 0 unspecified atom stereocenters. The molecular weight excluding hydrogens is 281 g/mol. The monoisotopic (exact) mass is 300 g/mol. The van der Waals surface area contributed by atoms with Crippen LogP contribution in [0.25, 0.3) is 0 Å². The number of rotatable bonds is 5. The SMILES string of the molecule is CCCNCc1cncc(N2CC=C(C(F)(F)F)CC2)n1. The van der Waals surface area contributed by atoms with Crippen LogP contribution in [-0.2, 0) is 6.54 Å². The summed E-state index contributed by atoms with van der Waals surface area (Å²) in [5.41, 5.74) is 0.346. The molecule has 1 aliphatic heterocycles. The Balaban J connectivity index is 2.00. The zero-order valence-electron chi connectivity index (χ0n) is 12.0. The minimum atomic E-state index is -4.22. The molecular formula is C14H19F3N4. The Morgan fingerprint density at radius 3 is 2.76 bits per heavy atom. The van der Waals surface area contributed by atoms with Crippen molar-refractivity contribution in [3.8, 4) is 0 Å². The van der Waals surface area contributed by atoms with Crippen molar-refractivity contribution >= 4 is 5.82 Å². The summed E-state index contributed by atoms with van der Waals surface area (Å²) in [7, 11) is 0. The van der Waals surface area contributed by atoms with Gasteiger partial charge in [-0.2, -0.15) is 13.2 Å². The predicted molar refractivity (Wildman–Crippen MR) is 75.0 cm³/mol. The molecule has 0 aromatic carbocycles. The quantitative estimate of drug-likeness (QED) is 0.670. The van der Waals surface area contributed by atoms with Gasteiger partial charge in [-0.25, -0.2) is 4.98 Å². The average molecular weight is 300 g/mol. The van der Waals surface area contributed by atoms with Crippen molar-refractivity contribution in [3.05, 3.63) is 29.7 Å². The molecule has 0 aliphatic carbocycles. The molecule has 2 rings (SSSR count). The molecule has 0 amide bonds. The Morgan fingerprint density at radius 1 is 1.33 bits per heavy atom. The van der Waals surface area contributed by atoms with Crippen LogP contribution in [0.4, 0.5) is 19.0 Å². The molecule has 1 aliphatic rings. The van der Waals surface area contributed by atoms with Gasteiger partial charge in [0.05, 0.1) is 11.9 Å². The Kier molecular flexibility index (Phi) is 5.17. The molecule has 7 heteroatoms. The van der Waals surface area contributed by atoms with Gasteiger partial charge < -0.3 is 10.2 Å². The lowest BCUT2D eigenvalue weighted by atomic mass is 10.1. The van der Waals surface area contributed by atoms with Gasteiger partial charge in [0, 0.05) is 31.4 Å². The molecule has 116 valence electrons. The lowest BCUT2D eigenvalue weighted by molar-refractivity contribution is -0.0944. The second-order valence-corrected chi connectivity index (χ2v) is 4.97. The maximum Gasteiger partial charge on any atom is 0.412 e. The van der Waals surface area contributed by atoms with E-state index in [0.29, 0.717) is 18.9 Å². The highest BCUT2D eigenvalue weighted by molar-refractivity contribution is 5.40. The van der Waals surface area contributed by atoms with Gasteiger partial charge in [-0.05, 0) is 19.4 Å². The van der Waals surface area contributed by atoms with Crippen molar-refractivity contribution in [2.45, 2.75) is 32.5 Å². The molecule has 0 atom stereocenters. The summed E-state index contributed by atoms with van der Waals surface area (Å²) in [6.45, 7) is 4.12. The summed E-state index contributed by atoms with van der Waals surface area (Å²) in [5.74, 6) is 0.628. The van der Waals surface area contributed by atoms with Crippen molar-refractivity contribution in [3.63, 3.8) is 0 Å². The number of nitrogens with one attached hydrogen (secondary N) is 1. The molecule has 1 aromatic rings. The molecule has 21 heavy (non-hydrogen) atoms. The molecule has 0 radical (unpaired) electrons. The van der Waals surface area contributed by atoms with Crippen LogP contribution < -0.4 is 10.2 Å². The first-order chi connectivity index (χ1) is 10.0. The van der Waals surface area contributed by atoms with E-state index in [0.717, 1.165) is 18.7 Å². The van der Waals surface area contributed by atoms with Crippen LogP contribution in [0.5, 0.6) is 0 Å². The maximum atomic E-state index is 12.6. The van der Waals surface area contributed by atoms with E-state index >= 15 is 0 Å². The molecule has 1 N–H and O–H groups in total. The third-order valence-corrected chi connectivity index (χ3v) is 3.30. The van der Waals surface area contributed by atoms with E-state index in [1.54, 1.807) is 12.4 Å². The summed E-state index contributed by atoms with van der Waals surface area (Å²) in [6, 6.07) is 0. The minimum absolute atomic E-state index is 0.0104. The molecule has 1 aromatic heterocycles. The fourth-order valence-corrected chi connectivity index (χ4v) is 2.16. The summed E-state index contributed by atoms with van der Waals surface area (Å²) >= 11 is 0. The molecule has 0 spiro atoms. The number of anilines is 1. The average Bonchev–Trinajstić information content (AvgIpc) is 2.47. The highest BCUT2D eigenvalue weighted by Gasteiger charge is 2.34. The van der Waals surface area contributed by atoms with E-state index in [-0.39, 0.29) is 13.0 Å². The van der Waals surface area contributed by atoms with Crippen LogP contribution in [0.15, 0.2) is 24.0 Å². The second kappa shape index (κ2) is 6.89. The van der Waals surface area contributed by atoms with Gasteiger partial charge in [0.25, 0.3) is 0 Å². The van der Waals surface area contributed by atoms with Gasteiger partial charge in [-0.1, -0.05) is 13.0 Å². The van der Waals surface area contributed by atoms with Crippen LogP contribution >= 0.6 is 0 Å². The first-order valence-electron chi connectivity index (χ1n) is 7.03. The highest BCUT2D eigenvalue weighted by atomic mass is 19.4. The Morgan fingerprint density at radius 2 is 2.14 bits per heavy atom. The van der Waals surface area contributed by atoms with Gasteiger partial charge in [-0.15, -0.1) is 0 Å². The van der Waals surface area contributed by atoms with Crippen molar-refractivity contribution in [1.82, 2.24) is 15.3 Å². The van der Waals surface area contributed by atoms with E-state index in [1.807, 2.05) is 4.90 Å². The standard InChI is InChI=1S/C14H19F3N4/c1-2-5-18-8-12-9-19-10-13(20-12)21-6-3-11(4-7-21)14(15,16)17/h3,9-10,18H,2,4-8H2,1H3. The van der Waals surface area contributed by atoms with E-state index in [4.69, 9.17) is 0 Å². The van der Waals surface area contributed by atoms with E-state index in [9.17, 15) is 13.2 Å². The topological polar surface area (TPSA) is 41.1 Å². The normalized spacial score (nSPS) is 16.0. The van der Waals surface area contributed by atoms with E-state index in [1.165, 1.54) is 6.08 Å². The number of hydrogen-bond donors (Lipinski definition) is 1. The predicted octanol–water partition coefficient (Wildman–Crippen LogP) is 2.68. The molecule has 0 fully saturated rings. The lowest BCUT2D eigenvalue weighted by Gasteiger charge is -2.28. The Bertz CT molecular complexity index is 499. The number of hydrogen-bond acceptors (Lipinski definition) is 4. The fraction of sp³-hybridized carbons (Fsp3) is 0.571. The van der Waals surface area contributed by atoms with Crippen molar-refractivity contribution in [2.75, 3.05) is 24.5 Å². The van der Waals surface area contributed by atoms with Crippen molar-refractivity contribution < 1.29 is 13.2 Å². The van der Waals surface area contributed by atoms with Crippen LogP contribution in [0.3, 0.4) is 0 Å². The van der Waals surface area contributed by atoms with Gasteiger partial charge in [0.15, 0.2) is 0 Å². The number of nitrogens with zero attached hydrogens (tertiary/aromatic N) is 3. The summed E-state index contributed by atoms with van der Waals surface area (Å²) in [4.78, 5) is 10.4. The molecule has 2 heterocycles. The molecule has 0 saturated heterocycles. The van der Waals surface area contributed by atoms with Crippen LogP contribution in [-0.4, -0.2) is 35.8 Å². The number of alkyl halides is 3. The molecule has 0 saturated carbocycles. The summed E-state index contributed by atoms with van der Waals surface area (Å²) < 4.78 is 37.8. The smallest absolute Gasteiger partial charge is 0.351 e. The minimum Gasteiger partial charge on any atom is -0.351 e.